The number of H-pyrrole nitrogens is 1. The highest BCUT2D eigenvalue weighted by Crippen LogP contribution is 2.16. The van der Waals surface area contributed by atoms with E-state index in [1.807, 2.05) is 12.1 Å². The second-order valence-electron chi connectivity index (χ2n) is 6.56. The van der Waals surface area contributed by atoms with Gasteiger partial charge in [-0.05, 0) is 31.2 Å². The van der Waals surface area contributed by atoms with Crippen LogP contribution in [0.4, 0.5) is 5.69 Å². The third-order valence-corrected chi connectivity index (χ3v) is 4.69. The van der Waals surface area contributed by atoms with E-state index in [0.29, 0.717) is 24.0 Å². The van der Waals surface area contributed by atoms with Crippen LogP contribution in [0, 0.1) is 0 Å². The van der Waals surface area contributed by atoms with Gasteiger partial charge >= 0.3 is 0 Å². The molecule has 0 bridgehead atoms. The third-order valence-electron chi connectivity index (χ3n) is 4.69. The molecule has 0 atom stereocenters. The number of aromatic amines is 1. The van der Waals surface area contributed by atoms with Crippen molar-refractivity contribution in [3.05, 3.63) is 54.6 Å². The molecule has 8 heteroatoms. The second kappa shape index (κ2) is 8.60. The summed E-state index contributed by atoms with van der Waals surface area (Å²) in [5, 5.41) is 10.5. The van der Waals surface area contributed by atoms with Gasteiger partial charge < -0.3 is 19.5 Å². The van der Waals surface area contributed by atoms with Crippen LogP contribution in [0.5, 0.6) is 0 Å². The van der Waals surface area contributed by atoms with Crippen molar-refractivity contribution < 1.29 is 4.42 Å². The standard InChI is InChI=1S/C20H25N7O/c1-2-21-20(22-15-18-23-19(25-24-18)17-9-6-14-28-17)27-12-10-26(11-13-27)16-7-4-3-5-8-16/h3-9,14H,2,10-13,15H2,1H3,(H,21,22)(H,23,24,25). The van der Waals surface area contributed by atoms with Crippen LogP contribution in [0.2, 0.25) is 0 Å². The first-order valence-electron chi connectivity index (χ1n) is 9.62. The van der Waals surface area contributed by atoms with Gasteiger partial charge in [0.2, 0.25) is 5.82 Å². The summed E-state index contributed by atoms with van der Waals surface area (Å²) in [5.41, 5.74) is 1.27. The minimum atomic E-state index is 0.439. The highest BCUT2D eigenvalue weighted by Gasteiger charge is 2.20. The number of aliphatic imine (C=N–C) groups is 1. The van der Waals surface area contributed by atoms with Crippen molar-refractivity contribution in [3.8, 4) is 11.6 Å². The lowest BCUT2D eigenvalue weighted by Crippen LogP contribution is -2.52. The van der Waals surface area contributed by atoms with Crippen molar-refractivity contribution in [1.82, 2.24) is 25.4 Å². The van der Waals surface area contributed by atoms with Gasteiger partial charge in [-0.15, -0.1) is 5.10 Å². The number of nitrogens with zero attached hydrogens (tertiary/aromatic N) is 5. The predicted molar refractivity (Wildman–Crippen MR) is 109 cm³/mol. The van der Waals surface area contributed by atoms with Crippen molar-refractivity contribution in [2.24, 2.45) is 4.99 Å². The Morgan fingerprint density at radius 1 is 1.14 bits per heavy atom. The predicted octanol–water partition coefficient (Wildman–Crippen LogP) is 2.35. The van der Waals surface area contributed by atoms with E-state index < -0.39 is 0 Å². The molecule has 0 amide bonds. The van der Waals surface area contributed by atoms with E-state index in [-0.39, 0.29) is 0 Å². The maximum absolute atomic E-state index is 5.33. The first-order valence-corrected chi connectivity index (χ1v) is 9.62. The van der Waals surface area contributed by atoms with E-state index in [9.17, 15) is 0 Å². The van der Waals surface area contributed by atoms with Crippen LogP contribution in [0.3, 0.4) is 0 Å². The molecule has 146 valence electrons. The van der Waals surface area contributed by atoms with E-state index in [0.717, 1.165) is 38.7 Å². The monoisotopic (exact) mass is 379 g/mol. The average molecular weight is 379 g/mol. The average Bonchev–Trinajstić information content (AvgIpc) is 3.44. The van der Waals surface area contributed by atoms with Gasteiger partial charge in [-0.3, -0.25) is 5.10 Å². The molecule has 1 aromatic carbocycles. The van der Waals surface area contributed by atoms with Crippen LogP contribution in [0.15, 0.2) is 58.1 Å². The number of hydrogen-bond acceptors (Lipinski definition) is 5. The number of guanidine groups is 1. The van der Waals surface area contributed by atoms with Gasteiger partial charge in [-0.1, -0.05) is 18.2 Å². The van der Waals surface area contributed by atoms with Gasteiger partial charge in [0.1, 0.15) is 12.4 Å². The number of rotatable bonds is 5. The molecule has 8 nitrogen and oxygen atoms in total. The number of benzene rings is 1. The molecular formula is C20H25N7O. The smallest absolute Gasteiger partial charge is 0.216 e. The van der Waals surface area contributed by atoms with Gasteiger partial charge in [0.15, 0.2) is 11.7 Å². The quantitative estimate of drug-likeness (QED) is 0.523. The number of anilines is 1. The minimum absolute atomic E-state index is 0.439. The van der Waals surface area contributed by atoms with E-state index in [4.69, 9.17) is 9.41 Å². The number of nitrogens with one attached hydrogen (secondary N) is 2. The number of aromatic nitrogens is 3. The van der Waals surface area contributed by atoms with Crippen LogP contribution in [0.1, 0.15) is 12.7 Å². The summed E-state index contributed by atoms with van der Waals surface area (Å²) in [4.78, 5) is 13.9. The Kier molecular flexibility index (Phi) is 5.56. The highest BCUT2D eigenvalue weighted by atomic mass is 16.3. The summed E-state index contributed by atoms with van der Waals surface area (Å²) < 4.78 is 5.33. The summed E-state index contributed by atoms with van der Waals surface area (Å²) in [7, 11) is 0. The van der Waals surface area contributed by atoms with Crippen LogP contribution in [0.25, 0.3) is 11.6 Å². The van der Waals surface area contributed by atoms with Crippen LogP contribution >= 0.6 is 0 Å². The zero-order valence-corrected chi connectivity index (χ0v) is 16.0. The van der Waals surface area contributed by atoms with Crippen molar-refractivity contribution in [3.63, 3.8) is 0 Å². The lowest BCUT2D eigenvalue weighted by atomic mass is 10.2. The van der Waals surface area contributed by atoms with E-state index >= 15 is 0 Å². The zero-order valence-electron chi connectivity index (χ0n) is 16.0. The molecule has 0 radical (unpaired) electrons. The van der Waals surface area contributed by atoms with Crippen LogP contribution < -0.4 is 10.2 Å². The molecule has 28 heavy (non-hydrogen) atoms. The first-order chi connectivity index (χ1) is 13.8. The summed E-state index contributed by atoms with van der Waals surface area (Å²) >= 11 is 0. The fourth-order valence-electron chi connectivity index (χ4n) is 3.27. The molecule has 1 aliphatic rings. The molecule has 2 N–H and O–H groups in total. The Morgan fingerprint density at radius 3 is 2.68 bits per heavy atom. The first kappa shape index (κ1) is 18.1. The molecule has 2 aromatic heterocycles. The molecule has 3 heterocycles. The second-order valence-corrected chi connectivity index (χ2v) is 6.56. The highest BCUT2D eigenvalue weighted by molar-refractivity contribution is 5.80. The number of para-hydroxylation sites is 1. The van der Waals surface area contributed by atoms with Crippen molar-refractivity contribution in [2.75, 3.05) is 37.6 Å². The van der Waals surface area contributed by atoms with Gasteiger partial charge in [0, 0.05) is 38.4 Å². The molecule has 4 rings (SSSR count). The summed E-state index contributed by atoms with van der Waals surface area (Å²) in [6.45, 7) is 7.14. The lowest BCUT2D eigenvalue weighted by molar-refractivity contribution is 0.372. The molecule has 1 aliphatic heterocycles. The largest absolute Gasteiger partial charge is 0.461 e. The summed E-state index contributed by atoms with van der Waals surface area (Å²) in [6, 6.07) is 14.2. The number of hydrogen-bond donors (Lipinski definition) is 2. The summed E-state index contributed by atoms with van der Waals surface area (Å²) in [6.07, 6.45) is 1.61. The van der Waals surface area contributed by atoms with Crippen molar-refractivity contribution in [2.45, 2.75) is 13.5 Å². The van der Waals surface area contributed by atoms with Crippen molar-refractivity contribution in [1.29, 1.82) is 0 Å². The van der Waals surface area contributed by atoms with Gasteiger partial charge in [0.25, 0.3) is 0 Å². The lowest BCUT2D eigenvalue weighted by Gasteiger charge is -2.37. The SMILES string of the molecule is CCNC(=NCc1nc(-c2ccco2)n[nH]1)N1CCN(c2ccccc2)CC1. The molecular weight excluding hydrogens is 354 g/mol. The molecule has 0 aliphatic carbocycles. The molecule has 0 saturated carbocycles. The van der Waals surface area contributed by atoms with Crippen molar-refractivity contribution >= 4 is 11.6 Å². The molecule has 3 aromatic rings. The fourth-order valence-corrected chi connectivity index (χ4v) is 3.27. The number of furan rings is 1. The Hall–Kier alpha value is -3.29. The molecule has 0 unspecified atom stereocenters. The van der Waals surface area contributed by atoms with E-state index in [1.54, 1.807) is 6.26 Å². The number of piperazine rings is 1. The van der Waals surface area contributed by atoms with Gasteiger partial charge in [-0.25, -0.2) is 9.98 Å². The van der Waals surface area contributed by atoms with Gasteiger partial charge in [-0.2, -0.15) is 0 Å². The van der Waals surface area contributed by atoms with E-state index in [2.05, 4.69) is 67.6 Å². The Labute approximate surface area is 164 Å². The molecule has 1 fully saturated rings. The Morgan fingerprint density at radius 2 is 1.96 bits per heavy atom. The molecule has 0 spiro atoms. The van der Waals surface area contributed by atoms with E-state index in [1.165, 1.54) is 5.69 Å². The topological polar surface area (TPSA) is 85.6 Å². The third kappa shape index (κ3) is 4.16. The summed E-state index contributed by atoms with van der Waals surface area (Å²) in [5.74, 6) is 2.82. The maximum atomic E-state index is 5.33. The van der Waals surface area contributed by atoms with Crippen LogP contribution in [-0.2, 0) is 6.54 Å². The van der Waals surface area contributed by atoms with Crippen LogP contribution in [-0.4, -0.2) is 58.8 Å². The molecule has 1 saturated heterocycles. The normalized spacial score (nSPS) is 15.1. The Bertz CT molecular complexity index is 880. The maximum Gasteiger partial charge on any atom is 0.216 e. The zero-order chi connectivity index (χ0) is 19.2. The Balaban J connectivity index is 1.39. The van der Waals surface area contributed by atoms with Gasteiger partial charge in [0.05, 0.1) is 6.26 Å². The minimum Gasteiger partial charge on any atom is -0.461 e. The fraction of sp³-hybridized carbons (Fsp3) is 0.350.